The minimum absolute atomic E-state index is 0. The van der Waals surface area contributed by atoms with E-state index in [0.29, 0.717) is 18.7 Å². The van der Waals surface area contributed by atoms with Gasteiger partial charge in [0.2, 0.25) is 5.91 Å². The molecule has 0 aliphatic carbocycles. The molecule has 1 aliphatic heterocycles. The highest BCUT2D eigenvalue weighted by molar-refractivity contribution is 5.98. The molecule has 1 saturated heterocycles. The van der Waals surface area contributed by atoms with E-state index < -0.39 is 0 Å². The molecule has 1 aromatic rings. The van der Waals surface area contributed by atoms with E-state index in [4.69, 9.17) is 5.73 Å². The monoisotopic (exact) mass is 394 g/mol. The minimum atomic E-state index is -0.0640. The van der Waals surface area contributed by atoms with Crippen LogP contribution in [0.3, 0.4) is 0 Å². The second-order valence-corrected chi connectivity index (χ2v) is 8.28. The SMILES string of the molecule is CCCCCc1ccc(C(=O)CCC(=O)N2CCC(N)C(C)(C)C2)cc1.Cl. The van der Waals surface area contributed by atoms with Crippen molar-refractivity contribution in [3.05, 3.63) is 35.4 Å². The number of likely N-dealkylation sites (tertiary alicyclic amines) is 1. The Balaban J connectivity index is 0.00000364. The first kappa shape index (κ1) is 23.6. The topological polar surface area (TPSA) is 63.4 Å². The Hall–Kier alpha value is -1.39. The molecule has 5 heteroatoms. The van der Waals surface area contributed by atoms with E-state index in [1.165, 1.54) is 24.8 Å². The summed E-state index contributed by atoms with van der Waals surface area (Å²) in [6.07, 6.45) is 6.08. The number of unbranched alkanes of at least 4 members (excludes halogenated alkanes) is 2. The maximum absolute atomic E-state index is 12.5. The number of hydrogen-bond acceptors (Lipinski definition) is 3. The summed E-state index contributed by atoms with van der Waals surface area (Å²) in [7, 11) is 0. The Morgan fingerprint density at radius 1 is 1.15 bits per heavy atom. The highest BCUT2D eigenvalue weighted by Crippen LogP contribution is 2.28. The average Bonchev–Trinajstić information content (AvgIpc) is 2.62. The quantitative estimate of drug-likeness (QED) is 0.525. The van der Waals surface area contributed by atoms with Crippen LogP contribution in [0, 0.1) is 5.41 Å². The zero-order valence-corrected chi connectivity index (χ0v) is 17.8. The van der Waals surface area contributed by atoms with E-state index >= 15 is 0 Å². The fourth-order valence-corrected chi connectivity index (χ4v) is 3.55. The molecule has 1 fully saturated rings. The first-order chi connectivity index (χ1) is 12.3. The number of amides is 1. The van der Waals surface area contributed by atoms with Crippen LogP contribution in [-0.4, -0.2) is 35.7 Å². The molecule has 1 unspecified atom stereocenters. The molecule has 0 spiro atoms. The van der Waals surface area contributed by atoms with Gasteiger partial charge in [-0.25, -0.2) is 0 Å². The van der Waals surface area contributed by atoms with E-state index in [2.05, 4.69) is 20.8 Å². The third kappa shape index (κ3) is 6.93. The van der Waals surface area contributed by atoms with Crippen molar-refractivity contribution in [3.8, 4) is 0 Å². The van der Waals surface area contributed by atoms with Crippen LogP contribution in [0.1, 0.15) is 75.2 Å². The first-order valence-electron chi connectivity index (χ1n) is 9.99. The Kier molecular flexibility index (Phi) is 9.48. The number of piperidine rings is 1. The van der Waals surface area contributed by atoms with Crippen LogP contribution in [0.4, 0.5) is 0 Å². The Morgan fingerprint density at radius 2 is 1.81 bits per heavy atom. The molecule has 0 bridgehead atoms. The standard InChI is InChI=1S/C22H34N2O2.ClH/c1-4-5-6-7-17-8-10-18(11-9-17)19(25)12-13-21(26)24-15-14-20(23)22(2,3)16-24;/h8-11,20H,4-7,12-16,23H2,1-3H3;1H. The number of carbonyl (C=O) groups is 2. The van der Waals surface area contributed by atoms with Gasteiger partial charge in [0.1, 0.15) is 0 Å². The molecule has 1 amide bonds. The fourth-order valence-electron chi connectivity index (χ4n) is 3.55. The highest BCUT2D eigenvalue weighted by Gasteiger charge is 2.35. The van der Waals surface area contributed by atoms with Crippen molar-refractivity contribution < 1.29 is 9.59 Å². The molecule has 0 aromatic heterocycles. The predicted octanol–water partition coefficient (Wildman–Crippen LogP) is 4.39. The minimum Gasteiger partial charge on any atom is -0.342 e. The molecule has 2 N–H and O–H groups in total. The maximum Gasteiger partial charge on any atom is 0.223 e. The molecule has 27 heavy (non-hydrogen) atoms. The van der Waals surface area contributed by atoms with Crippen molar-refractivity contribution in [1.29, 1.82) is 0 Å². The number of nitrogens with two attached hydrogens (primary N) is 1. The van der Waals surface area contributed by atoms with Crippen molar-refractivity contribution in [1.82, 2.24) is 4.90 Å². The molecule has 4 nitrogen and oxygen atoms in total. The zero-order chi connectivity index (χ0) is 19.2. The number of carbonyl (C=O) groups excluding carboxylic acids is 2. The summed E-state index contributed by atoms with van der Waals surface area (Å²) < 4.78 is 0. The van der Waals surface area contributed by atoms with Gasteiger partial charge in [-0.1, -0.05) is 57.9 Å². The zero-order valence-electron chi connectivity index (χ0n) is 17.0. The van der Waals surface area contributed by atoms with Crippen molar-refractivity contribution in [2.45, 2.75) is 71.8 Å². The summed E-state index contributed by atoms with van der Waals surface area (Å²) in [5.74, 6) is 0.112. The largest absolute Gasteiger partial charge is 0.342 e. The molecule has 1 atom stereocenters. The van der Waals surface area contributed by atoms with Gasteiger partial charge in [0.05, 0.1) is 0 Å². The van der Waals surface area contributed by atoms with Crippen LogP contribution in [0.15, 0.2) is 24.3 Å². The molecule has 1 aromatic carbocycles. The lowest BCUT2D eigenvalue weighted by Gasteiger charge is -2.42. The number of benzene rings is 1. The average molecular weight is 395 g/mol. The van der Waals surface area contributed by atoms with Crippen LogP contribution < -0.4 is 5.73 Å². The summed E-state index contributed by atoms with van der Waals surface area (Å²) in [6, 6.07) is 8.01. The van der Waals surface area contributed by atoms with Gasteiger partial charge in [0.15, 0.2) is 5.78 Å². The van der Waals surface area contributed by atoms with Crippen molar-refractivity contribution in [2.75, 3.05) is 13.1 Å². The van der Waals surface area contributed by atoms with Gasteiger partial charge < -0.3 is 10.6 Å². The van der Waals surface area contributed by atoms with Crippen LogP contribution in [0.2, 0.25) is 0 Å². The van der Waals surface area contributed by atoms with Gasteiger partial charge in [-0.15, -0.1) is 12.4 Å². The number of rotatable bonds is 8. The number of hydrogen-bond donors (Lipinski definition) is 1. The lowest BCUT2D eigenvalue weighted by Crippen LogP contribution is -2.54. The lowest BCUT2D eigenvalue weighted by molar-refractivity contribution is -0.134. The van der Waals surface area contributed by atoms with Crippen molar-refractivity contribution in [2.24, 2.45) is 11.1 Å². The number of ketones is 1. The maximum atomic E-state index is 12.5. The van der Waals surface area contributed by atoms with Gasteiger partial charge in [-0.3, -0.25) is 9.59 Å². The summed E-state index contributed by atoms with van der Waals surface area (Å²) in [4.78, 5) is 26.7. The molecule has 152 valence electrons. The van der Waals surface area contributed by atoms with Crippen LogP contribution in [0.25, 0.3) is 0 Å². The smallest absolute Gasteiger partial charge is 0.223 e. The Labute approximate surface area is 170 Å². The summed E-state index contributed by atoms with van der Waals surface area (Å²) in [5.41, 5.74) is 8.05. The fraction of sp³-hybridized carbons (Fsp3) is 0.636. The normalized spacial score (nSPS) is 18.7. The predicted molar refractivity (Wildman–Crippen MR) is 113 cm³/mol. The van der Waals surface area contributed by atoms with Gasteiger partial charge in [-0.2, -0.15) is 0 Å². The number of Topliss-reactive ketones (excluding diaryl/α,β-unsaturated/α-hetero) is 1. The number of nitrogens with zero attached hydrogens (tertiary/aromatic N) is 1. The molecular weight excluding hydrogens is 360 g/mol. The summed E-state index contributed by atoms with van der Waals surface area (Å²) >= 11 is 0. The van der Waals surface area contributed by atoms with Crippen LogP contribution >= 0.6 is 12.4 Å². The summed E-state index contributed by atoms with van der Waals surface area (Å²) in [6.45, 7) is 7.77. The lowest BCUT2D eigenvalue weighted by atomic mass is 9.79. The Bertz CT molecular complexity index is 613. The molecular formula is C22H35ClN2O2. The Morgan fingerprint density at radius 3 is 2.41 bits per heavy atom. The number of aryl methyl sites for hydroxylation is 1. The van der Waals surface area contributed by atoms with Gasteiger partial charge >= 0.3 is 0 Å². The molecule has 0 radical (unpaired) electrons. The second kappa shape index (κ2) is 10.8. The van der Waals surface area contributed by atoms with E-state index in [9.17, 15) is 9.59 Å². The highest BCUT2D eigenvalue weighted by atomic mass is 35.5. The van der Waals surface area contributed by atoms with Gasteiger partial charge in [0, 0.05) is 37.5 Å². The van der Waals surface area contributed by atoms with Gasteiger partial charge in [0.25, 0.3) is 0 Å². The second-order valence-electron chi connectivity index (χ2n) is 8.28. The summed E-state index contributed by atoms with van der Waals surface area (Å²) in [5, 5.41) is 0. The van der Waals surface area contributed by atoms with E-state index in [1.54, 1.807) is 0 Å². The van der Waals surface area contributed by atoms with Crippen molar-refractivity contribution >= 4 is 24.1 Å². The third-order valence-electron chi connectivity index (χ3n) is 5.58. The molecule has 2 rings (SSSR count). The van der Waals surface area contributed by atoms with Crippen molar-refractivity contribution in [3.63, 3.8) is 0 Å². The van der Waals surface area contributed by atoms with E-state index in [-0.39, 0.29) is 48.4 Å². The molecule has 0 saturated carbocycles. The molecule has 1 aliphatic rings. The number of halogens is 1. The third-order valence-corrected chi connectivity index (χ3v) is 5.58. The van der Waals surface area contributed by atoms with Gasteiger partial charge in [-0.05, 0) is 30.2 Å². The van der Waals surface area contributed by atoms with E-state index in [1.807, 2.05) is 29.2 Å². The van der Waals surface area contributed by atoms with Crippen LogP contribution in [0.5, 0.6) is 0 Å². The first-order valence-corrected chi connectivity index (χ1v) is 9.99. The molecule has 1 heterocycles. The van der Waals surface area contributed by atoms with Crippen LogP contribution in [-0.2, 0) is 11.2 Å². The van der Waals surface area contributed by atoms with E-state index in [0.717, 1.165) is 12.8 Å².